The summed E-state index contributed by atoms with van der Waals surface area (Å²) in [6, 6.07) is 7.64. The van der Waals surface area contributed by atoms with Gasteiger partial charge in [0, 0.05) is 12.0 Å². The van der Waals surface area contributed by atoms with Gasteiger partial charge in [0.05, 0.1) is 11.4 Å². The largest absolute Gasteiger partial charge is 0.397 e. The first-order valence-electron chi connectivity index (χ1n) is 7.31. The Morgan fingerprint density at radius 2 is 1.89 bits per heavy atom. The summed E-state index contributed by atoms with van der Waals surface area (Å²) in [4.78, 5) is 14.8. The number of carbonyl (C=O) groups is 1. The van der Waals surface area contributed by atoms with Gasteiger partial charge in [-0.15, -0.1) is 0 Å². The maximum absolute atomic E-state index is 13.0. The van der Waals surface area contributed by atoms with E-state index in [0.717, 1.165) is 24.9 Å². The SMILES string of the molecule is CCN(C(=O)C1(CC)CCCC1)c1ccccc1N. The van der Waals surface area contributed by atoms with E-state index in [0.29, 0.717) is 12.2 Å². The average Bonchev–Trinajstić information content (AvgIpc) is 2.91. The van der Waals surface area contributed by atoms with Crippen molar-refractivity contribution in [1.29, 1.82) is 0 Å². The van der Waals surface area contributed by atoms with E-state index in [2.05, 4.69) is 6.92 Å². The van der Waals surface area contributed by atoms with Crippen molar-refractivity contribution in [3.8, 4) is 0 Å². The van der Waals surface area contributed by atoms with Gasteiger partial charge in [-0.25, -0.2) is 0 Å². The number of carbonyl (C=O) groups excluding carboxylic acids is 1. The quantitative estimate of drug-likeness (QED) is 0.841. The lowest BCUT2D eigenvalue weighted by atomic mass is 9.81. The Kier molecular flexibility index (Phi) is 4.13. The molecule has 104 valence electrons. The molecule has 1 aromatic rings. The number of nitrogen functional groups attached to an aromatic ring is 1. The Labute approximate surface area is 115 Å². The Bertz CT molecular complexity index is 450. The maximum atomic E-state index is 13.0. The first kappa shape index (κ1) is 13.9. The highest BCUT2D eigenvalue weighted by Crippen LogP contribution is 2.43. The number of rotatable bonds is 4. The van der Waals surface area contributed by atoms with Crippen LogP contribution in [-0.2, 0) is 4.79 Å². The Hall–Kier alpha value is -1.51. The van der Waals surface area contributed by atoms with Crippen LogP contribution in [0.4, 0.5) is 11.4 Å². The van der Waals surface area contributed by atoms with Crippen LogP contribution in [0.1, 0.15) is 46.0 Å². The number of benzene rings is 1. The van der Waals surface area contributed by atoms with Crippen LogP contribution < -0.4 is 10.6 Å². The van der Waals surface area contributed by atoms with E-state index in [1.807, 2.05) is 36.1 Å². The van der Waals surface area contributed by atoms with Crippen molar-refractivity contribution in [2.75, 3.05) is 17.2 Å². The third kappa shape index (κ3) is 2.46. The van der Waals surface area contributed by atoms with Crippen molar-refractivity contribution in [2.24, 2.45) is 5.41 Å². The molecule has 3 heteroatoms. The minimum absolute atomic E-state index is 0.154. The van der Waals surface area contributed by atoms with Crippen LogP contribution >= 0.6 is 0 Å². The fourth-order valence-electron chi connectivity index (χ4n) is 3.21. The van der Waals surface area contributed by atoms with Gasteiger partial charge in [0.15, 0.2) is 0 Å². The highest BCUT2D eigenvalue weighted by atomic mass is 16.2. The van der Waals surface area contributed by atoms with Crippen LogP contribution in [0.3, 0.4) is 0 Å². The van der Waals surface area contributed by atoms with E-state index in [4.69, 9.17) is 5.73 Å². The summed E-state index contributed by atoms with van der Waals surface area (Å²) in [7, 11) is 0. The van der Waals surface area contributed by atoms with Crippen molar-refractivity contribution in [1.82, 2.24) is 0 Å². The Morgan fingerprint density at radius 3 is 2.42 bits per heavy atom. The minimum Gasteiger partial charge on any atom is -0.397 e. The van der Waals surface area contributed by atoms with Gasteiger partial charge < -0.3 is 10.6 Å². The average molecular weight is 260 g/mol. The summed E-state index contributed by atoms with van der Waals surface area (Å²) in [6.07, 6.45) is 5.30. The summed E-state index contributed by atoms with van der Waals surface area (Å²) >= 11 is 0. The van der Waals surface area contributed by atoms with E-state index < -0.39 is 0 Å². The minimum atomic E-state index is -0.154. The lowest BCUT2D eigenvalue weighted by Gasteiger charge is -2.33. The molecule has 1 saturated carbocycles. The molecule has 0 aromatic heterocycles. The fraction of sp³-hybridized carbons (Fsp3) is 0.562. The van der Waals surface area contributed by atoms with Crippen molar-refractivity contribution < 1.29 is 4.79 Å². The molecule has 2 rings (SSSR count). The van der Waals surface area contributed by atoms with E-state index in [1.54, 1.807) is 0 Å². The third-order valence-corrected chi connectivity index (χ3v) is 4.48. The van der Waals surface area contributed by atoms with Gasteiger partial charge in [0.1, 0.15) is 0 Å². The van der Waals surface area contributed by atoms with Crippen molar-refractivity contribution >= 4 is 17.3 Å². The summed E-state index contributed by atoms with van der Waals surface area (Å²) in [5.74, 6) is 0.257. The zero-order valence-electron chi connectivity index (χ0n) is 12.0. The molecule has 0 atom stereocenters. The van der Waals surface area contributed by atoms with Crippen LogP contribution in [0, 0.1) is 5.41 Å². The van der Waals surface area contributed by atoms with E-state index in [-0.39, 0.29) is 11.3 Å². The molecule has 1 fully saturated rings. The molecule has 3 nitrogen and oxygen atoms in total. The lowest BCUT2D eigenvalue weighted by molar-refractivity contribution is -0.128. The predicted octanol–water partition coefficient (Wildman–Crippen LogP) is 3.59. The Morgan fingerprint density at radius 1 is 1.26 bits per heavy atom. The van der Waals surface area contributed by atoms with Gasteiger partial charge >= 0.3 is 0 Å². The molecule has 0 heterocycles. The zero-order valence-corrected chi connectivity index (χ0v) is 12.0. The molecule has 19 heavy (non-hydrogen) atoms. The first-order chi connectivity index (χ1) is 9.14. The molecular weight excluding hydrogens is 236 g/mol. The molecule has 0 spiro atoms. The second-order valence-corrected chi connectivity index (χ2v) is 5.45. The summed E-state index contributed by atoms with van der Waals surface area (Å²) in [6.45, 7) is 4.82. The standard InChI is InChI=1S/C16H24N2O/c1-3-16(11-7-8-12-16)15(19)18(4-2)14-10-6-5-9-13(14)17/h5-6,9-10H,3-4,7-8,11-12,17H2,1-2H3. The molecule has 0 aliphatic heterocycles. The summed E-state index contributed by atoms with van der Waals surface area (Å²) in [5, 5.41) is 0. The second-order valence-electron chi connectivity index (χ2n) is 5.45. The number of hydrogen-bond donors (Lipinski definition) is 1. The number of amides is 1. The number of anilines is 2. The topological polar surface area (TPSA) is 46.3 Å². The molecule has 0 unspecified atom stereocenters. The third-order valence-electron chi connectivity index (χ3n) is 4.48. The van der Waals surface area contributed by atoms with Gasteiger partial charge in [0.25, 0.3) is 0 Å². The highest BCUT2D eigenvalue weighted by molar-refractivity contribution is 6.00. The van der Waals surface area contributed by atoms with E-state index in [9.17, 15) is 4.79 Å². The highest BCUT2D eigenvalue weighted by Gasteiger charge is 2.42. The number of nitrogens with zero attached hydrogens (tertiary/aromatic N) is 1. The molecular formula is C16H24N2O. The Balaban J connectivity index is 2.32. The van der Waals surface area contributed by atoms with Crippen LogP contribution in [0.5, 0.6) is 0 Å². The lowest BCUT2D eigenvalue weighted by Crippen LogP contribution is -2.42. The fourth-order valence-corrected chi connectivity index (χ4v) is 3.21. The maximum Gasteiger partial charge on any atom is 0.233 e. The second kappa shape index (κ2) is 5.64. The molecule has 1 aromatic carbocycles. The van der Waals surface area contributed by atoms with Crippen LogP contribution in [0.2, 0.25) is 0 Å². The zero-order chi connectivity index (χ0) is 13.9. The normalized spacial score (nSPS) is 17.4. The van der Waals surface area contributed by atoms with Crippen molar-refractivity contribution in [3.05, 3.63) is 24.3 Å². The summed E-state index contributed by atoms with van der Waals surface area (Å²) in [5.41, 5.74) is 7.41. The molecule has 2 N–H and O–H groups in total. The molecule has 0 radical (unpaired) electrons. The first-order valence-corrected chi connectivity index (χ1v) is 7.31. The molecule has 1 amide bonds. The van der Waals surface area contributed by atoms with Gasteiger partial charge in [-0.1, -0.05) is 31.9 Å². The predicted molar refractivity (Wildman–Crippen MR) is 80.1 cm³/mol. The molecule has 1 aliphatic rings. The van der Waals surface area contributed by atoms with Crippen LogP contribution in [-0.4, -0.2) is 12.5 Å². The van der Waals surface area contributed by atoms with E-state index in [1.165, 1.54) is 12.8 Å². The molecule has 0 saturated heterocycles. The van der Waals surface area contributed by atoms with Gasteiger partial charge in [-0.05, 0) is 38.3 Å². The van der Waals surface area contributed by atoms with Crippen molar-refractivity contribution in [3.63, 3.8) is 0 Å². The number of nitrogens with two attached hydrogens (primary N) is 1. The van der Waals surface area contributed by atoms with Gasteiger partial charge in [0.2, 0.25) is 5.91 Å². The molecule has 1 aliphatic carbocycles. The van der Waals surface area contributed by atoms with Crippen LogP contribution in [0.25, 0.3) is 0 Å². The summed E-state index contributed by atoms with van der Waals surface area (Å²) < 4.78 is 0. The van der Waals surface area contributed by atoms with Gasteiger partial charge in [-0.3, -0.25) is 4.79 Å². The van der Waals surface area contributed by atoms with Gasteiger partial charge in [-0.2, -0.15) is 0 Å². The van der Waals surface area contributed by atoms with Crippen LogP contribution in [0.15, 0.2) is 24.3 Å². The monoisotopic (exact) mass is 260 g/mol. The smallest absolute Gasteiger partial charge is 0.233 e. The van der Waals surface area contributed by atoms with Crippen molar-refractivity contribution in [2.45, 2.75) is 46.0 Å². The van der Waals surface area contributed by atoms with E-state index >= 15 is 0 Å². The number of para-hydroxylation sites is 2. The molecule has 0 bridgehead atoms. The number of hydrogen-bond acceptors (Lipinski definition) is 2.